The summed E-state index contributed by atoms with van der Waals surface area (Å²) in [4.78, 5) is 23.6. The van der Waals surface area contributed by atoms with Crippen molar-refractivity contribution in [2.75, 3.05) is 64.4 Å². The molecule has 7 heteroatoms. The molecule has 28 heavy (non-hydrogen) atoms. The molecule has 0 unspecified atom stereocenters. The summed E-state index contributed by atoms with van der Waals surface area (Å²) in [5.41, 5.74) is 1.14. The average molecular weight is 388 g/mol. The average Bonchev–Trinajstić information content (AvgIpc) is 3.28. The molecule has 2 aliphatic rings. The fourth-order valence-electron chi connectivity index (χ4n) is 3.86. The number of methoxy groups -OCH3 is 1. The minimum atomic E-state index is 0.234. The van der Waals surface area contributed by atoms with Gasteiger partial charge in [-0.25, -0.2) is 0 Å². The predicted molar refractivity (Wildman–Crippen MR) is 113 cm³/mol. The summed E-state index contributed by atoms with van der Waals surface area (Å²) in [5.74, 6) is 2.06. The van der Waals surface area contributed by atoms with Gasteiger partial charge in [-0.3, -0.25) is 9.79 Å². The molecule has 0 bridgehead atoms. The monoisotopic (exact) mass is 387 g/mol. The number of likely N-dealkylation sites (tertiary alicyclic amines) is 1. The highest BCUT2D eigenvalue weighted by atomic mass is 16.5. The van der Waals surface area contributed by atoms with E-state index in [1.807, 2.05) is 23.1 Å². The Labute approximate surface area is 168 Å². The molecule has 1 N–H and O–H groups in total. The molecule has 0 radical (unpaired) electrons. The molecule has 7 nitrogen and oxygen atoms in total. The predicted octanol–water partition coefficient (Wildman–Crippen LogP) is 1.80. The molecule has 2 saturated heterocycles. The number of piperazine rings is 1. The maximum atomic E-state index is 12.2. The van der Waals surface area contributed by atoms with E-state index in [0.29, 0.717) is 13.0 Å². The summed E-state index contributed by atoms with van der Waals surface area (Å²) in [5, 5.41) is 3.38. The molecular weight excluding hydrogens is 354 g/mol. The Morgan fingerprint density at radius 2 is 1.79 bits per heavy atom. The minimum Gasteiger partial charge on any atom is -0.495 e. The smallest absolute Gasteiger partial charge is 0.224 e. The Morgan fingerprint density at radius 3 is 2.46 bits per heavy atom. The number of guanidine groups is 1. The molecule has 0 saturated carbocycles. The Hall–Kier alpha value is -2.44. The first-order valence-electron chi connectivity index (χ1n) is 10.4. The van der Waals surface area contributed by atoms with Gasteiger partial charge in [0.2, 0.25) is 5.91 Å². The van der Waals surface area contributed by atoms with Crippen LogP contribution in [0.2, 0.25) is 0 Å². The lowest BCUT2D eigenvalue weighted by molar-refractivity contribution is -0.129. The van der Waals surface area contributed by atoms with Crippen molar-refractivity contribution in [3.8, 4) is 5.75 Å². The van der Waals surface area contributed by atoms with Crippen molar-refractivity contribution < 1.29 is 9.53 Å². The van der Waals surface area contributed by atoms with Gasteiger partial charge in [0.15, 0.2) is 5.96 Å². The zero-order chi connectivity index (χ0) is 19.8. The first-order chi connectivity index (χ1) is 13.7. The number of nitrogens with one attached hydrogen (secondary N) is 1. The third-order valence-electron chi connectivity index (χ3n) is 5.39. The van der Waals surface area contributed by atoms with Gasteiger partial charge in [0.1, 0.15) is 5.75 Å². The molecule has 0 spiro atoms. The van der Waals surface area contributed by atoms with Crippen LogP contribution in [0.5, 0.6) is 5.75 Å². The third kappa shape index (κ3) is 5.09. The molecule has 2 heterocycles. The van der Waals surface area contributed by atoms with Crippen molar-refractivity contribution in [2.24, 2.45) is 4.99 Å². The maximum absolute atomic E-state index is 12.2. The number of hydrogen-bond acceptors (Lipinski definition) is 4. The Morgan fingerprint density at radius 1 is 1.07 bits per heavy atom. The van der Waals surface area contributed by atoms with E-state index in [4.69, 9.17) is 9.73 Å². The van der Waals surface area contributed by atoms with Crippen LogP contribution < -0.4 is 15.0 Å². The SMILES string of the molecule is CCNC(=NCCC(=O)N1CCCC1)N1CCN(c2ccccc2OC)CC1. The van der Waals surface area contributed by atoms with Gasteiger partial charge in [0, 0.05) is 52.2 Å². The van der Waals surface area contributed by atoms with Crippen LogP contribution in [0.25, 0.3) is 0 Å². The van der Waals surface area contributed by atoms with E-state index in [0.717, 1.165) is 76.1 Å². The van der Waals surface area contributed by atoms with Crippen molar-refractivity contribution in [3.05, 3.63) is 24.3 Å². The highest BCUT2D eigenvalue weighted by Crippen LogP contribution is 2.28. The second-order valence-electron chi connectivity index (χ2n) is 7.22. The molecule has 0 atom stereocenters. The summed E-state index contributed by atoms with van der Waals surface area (Å²) in [6.45, 7) is 8.88. The molecule has 3 rings (SSSR count). The van der Waals surface area contributed by atoms with Gasteiger partial charge >= 0.3 is 0 Å². The van der Waals surface area contributed by atoms with E-state index in [2.05, 4.69) is 28.1 Å². The van der Waals surface area contributed by atoms with Crippen molar-refractivity contribution >= 4 is 17.6 Å². The lowest BCUT2D eigenvalue weighted by atomic mass is 10.2. The number of benzene rings is 1. The van der Waals surface area contributed by atoms with Gasteiger partial charge in [-0.15, -0.1) is 0 Å². The number of rotatable bonds is 6. The molecular formula is C21H33N5O2. The number of amides is 1. The second-order valence-corrected chi connectivity index (χ2v) is 7.22. The van der Waals surface area contributed by atoms with Crippen LogP contribution in [-0.2, 0) is 4.79 Å². The second kappa shape index (κ2) is 10.2. The zero-order valence-corrected chi connectivity index (χ0v) is 17.2. The number of ether oxygens (including phenoxy) is 1. The van der Waals surface area contributed by atoms with Crippen LogP contribution >= 0.6 is 0 Å². The van der Waals surface area contributed by atoms with E-state index in [1.165, 1.54) is 0 Å². The largest absolute Gasteiger partial charge is 0.495 e. The summed E-state index contributed by atoms with van der Waals surface area (Å²) in [6.07, 6.45) is 2.76. The molecule has 1 aromatic carbocycles. The van der Waals surface area contributed by atoms with E-state index >= 15 is 0 Å². The number of nitrogens with zero attached hydrogens (tertiary/aromatic N) is 4. The van der Waals surface area contributed by atoms with Crippen molar-refractivity contribution in [3.63, 3.8) is 0 Å². The van der Waals surface area contributed by atoms with Crippen molar-refractivity contribution in [1.29, 1.82) is 0 Å². The molecule has 2 aliphatic heterocycles. The molecule has 0 aliphatic carbocycles. The van der Waals surface area contributed by atoms with Gasteiger partial charge in [0.05, 0.1) is 19.3 Å². The fourth-order valence-corrected chi connectivity index (χ4v) is 3.86. The number of para-hydroxylation sites is 2. The van der Waals surface area contributed by atoms with Gasteiger partial charge < -0.3 is 24.8 Å². The summed E-state index contributed by atoms with van der Waals surface area (Å²) >= 11 is 0. The van der Waals surface area contributed by atoms with Crippen LogP contribution in [0.15, 0.2) is 29.3 Å². The standard InChI is InChI=1S/C21H33N5O2/c1-3-22-21(23-11-10-20(27)25-12-6-7-13-25)26-16-14-24(15-17-26)18-8-4-5-9-19(18)28-2/h4-5,8-9H,3,6-7,10-17H2,1-2H3,(H,22,23). The minimum absolute atomic E-state index is 0.234. The molecule has 0 aromatic heterocycles. The van der Waals surface area contributed by atoms with Crippen molar-refractivity contribution in [2.45, 2.75) is 26.2 Å². The van der Waals surface area contributed by atoms with Gasteiger partial charge in [-0.05, 0) is 31.9 Å². The Bertz CT molecular complexity index is 665. The Kier molecular flexibility index (Phi) is 7.39. The van der Waals surface area contributed by atoms with E-state index in [1.54, 1.807) is 7.11 Å². The number of anilines is 1. The number of aliphatic imine (C=N–C) groups is 1. The highest BCUT2D eigenvalue weighted by molar-refractivity contribution is 5.81. The third-order valence-corrected chi connectivity index (χ3v) is 5.39. The van der Waals surface area contributed by atoms with Crippen LogP contribution in [0.3, 0.4) is 0 Å². The molecule has 1 aromatic rings. The molecule has 2 fully saturated rings. The fraction of sp³-hybridized carbons (Fsp3) is 0.619. The lowest BCUT2D eigenvalue weighted by Gasteiger charge is -2.38. The number of carbonyl (C=O) groups excluding carboxylic acids is 1. The van der Waals surface area contributed by atoms with Crippen molar-refractivity contribution in [1.82, 2.24) is 15.1 Å². The van der Waals surface area contributed by atoms with Gasteiger partial charge in [-0.1, -0.05) is 12.1 Å². The first kappa shape index (κ1) is 20.3. The summed E-state index contributed by atoms with van der Waals surface area (Å²) in [7, 11) is 1.72. The van der Waals surface area contributed by atoms with Crippen LogP contribution in [-0.4, -0.2) is 81.1 Å². The quantitative estimate of drug-likeness (QED) is 0.596. The maximum Gasteiger partial charge on any atom is 0.224 e. The van der Waals surface area contributed by atoms with E-state index in [-0.39, 0.29) is 5.91 Å². The van der Waals surface area contributed by atoms with Gasteiger partial charge in [0.25, 0.3) is 0 Å². The lowest BCUT2D eigenvalue weighted by Crippen LogP contribution is -2.52. The van der Waals surface area contributed by atoms with Crippen LogP contribution in [0, 0.1) is 0 Å². The van der Waals surface area contributed by atoms with Crippen LogP contribution in [0.4, 0.5) is 5.69 Å². The van der Waals surface area contributed by atoms with Crippen LogP contribution in [0.1, 0.15) is 26.2 Å². The summed E-state index contributed by atoms with van der Waals surface area (Å²) in [6, 6.07) is 8.16. The topological polar surface area (TPSA) is 60.4 Å². The normalized spacial score (nSPS) is 17.8. The molecule has 1 amide bonds. The number of hydrogen-bond donors (Lipinski definition) is 1. The number of carbonyl (C=O) groups is 1. The van der Waals surface area contributed by atoms with Gasteiger partial charge in [-0.2, -0.15) is 0 Å². The van der Waals surface area contributed by atoms with E-state index in [9.17, 15) is 4.79 Å². The zero-order valence-electron chi connectivity index (χ0n) is 17.2. The summed E-state index contributed by atoms with van der Waals surface area (Å²) < 4.78 is 5.50. The molecule has 154 valence electrons. The van der Waals surface area contributed by atoms with E-state index < -0.39 is 0 Å². The first-order valence-corrected chi connectivity index (χ1v) is 10.4. The Balaban J connectivity index is 1.54. The highest BCUT2D eigenvalue weighted by Gasteiger charge is 2.22.